The molecule has 0 fully saturated rings. The fourth-order valence-corrected chi connectivity index (χ4v) is 5.02. The van der Waals surface area contributed by atoms with Crippen LogP contribution >= 0.6 is 22.7 Å². The van der Waals surface area contributed by atoms with Crippen LogP contribution in [0.5, 0.6) is 0 Å². The maximum atomic E-state index is 12.8. The van der Waals surface area contributed by atoms with Crippen molar-refractivity contribution in [2.45, 2.75) is 33.7 Å². The highest BCUT2D eigenvalue weighted by molar-refractivity contribution is 7.18. The molecular formula is C17H18N4O2S2. The molecule has 4 rings (SSSR count). The molecule has 0 saturated carbocycles. The van der Waals surface area contributed by atoms with Crippen molar-refractivity contribution in [2.75, 3.05) is 13.1 Å². The van der Waals surface area contributed by atoms with E-state index in [1.807, 2.05) is 31.7 Å². The third-order valence-electron chi connectivity index (χ3n) is 4.44. The van der Waals surface area contributed by atoms with Crippen LogP contribution in [0.4, 0.5) is 0 Å². The van der Waals surface area contributed by atoms with Gasteiger partial charge < -0.3 is 4.90 Å². The number of nitrogens with zero attached hydrogens (tertiary/aromatic N) is 4. The molecule has 0 bridgehead atoms. The SMILES string of the molecule is Cc1cc2c(=O)n3c(nc2s1)CCN(C(=O)c1sc(C)nc1C)CC3. The van der Waals surface area contributed by atoms with Crippen LogP contribution in [0, 0.1) is 20.8 Å². The van der Waals surface area contributed by atoms with Crippen molar-refractivity contribution < 1.29 is 4.79 Å². The maximum absolute atomic E-state index is 12.8. The quantitative estimate of drug-likeness (QED) is 0.656. The molecule has 0 unspecified atom stereocenters. The number of thiazole rings is 1. The van der Waals surface area contributed by atoms with Crippen molar-refractivity contribution in [1.82, 2.24) is 19.4 Å². The molecule has 3 aromatic rings. The van der Waals surface area contributed by atoms with E-state index in [9.17, 15) is 9.59 Å². The number of carbonyl (C=O) groups excluding carboxylic acids is 1. The lowest BCUT2D eigenvalue weighted by molar-refractivity contribution is 0.0763. The van der Waals surface area contributed by atoms with Gasteiger partial charge in [-0.1, -0.05) is 0 Å². The average molecular weight is 374 g/mol. The summed E-state index contributed by atoms with van der Waals surface area (Å²) in [5.41, 5.74) is 0.781. The average Bonchev–Trinajstić information content (AvgIpc) is 3.01. The van der Waals surface area contributed by atoms with Gasteiger partial charge in [-0.2, -0.15) is 0 Å². The number of aromatic nitrogens is 3. The normalized spacial score (nSPS) is 14.6. The van der Waals surface area contributed by atoms with E-state index in [1.165, 1.54) is 11.3 Å². The van der Waals surface area contributed by atoms with Gasteiger partial charge in [-0.3, -0.25) is 14.2 Å². The van der Waals surface area contributed by atoms with E-state index in [4.69, 9.17) is 0 Å². The van der Waals surface area contributed by atoms with Crippen LogP contribution in [-0.2, 0) is 13.0 Å². The molecule has 25 heavy (non-hydrogen) atoms. The molecule has 3 aromatic heterocycles. The minimum Gasteiger partial charge on any atom is -0.336 e. The molecule has 0 spiro atoms. The van der Waals surface area contributed by atoms with E-state index in [1.54, 1.807) is 15.9 Å². The highest BCUT2D eigenvalue weighted by atomic mass is 32.1. The predicted molar refractivity (Wildman–Crippen MR) is 99.8 cm³/mol. The summed E-state index contributed by atoms with van der Waals surface area (Å²) in [7, 11) is 0. The maximum Gasteiger partial charge on any atom is 0.265 e. The number of aryl methyl sites for hydroxylation is 3. The van der Waals surface area contributed by atoms with Crippen LogP contribution in [0.15, 0.2) is 10.9 Å². The Bertz CT molecular complexity index is 1050. The lowest BCUT2D eigenvalue weighted by atomic mass is 10.3. The van der Waals surface area contributed by atoms with Gasteiger partial charge >= 0.3 is 0 Å². The number of amides is 1. The molecule has 1 aliphatic heterocycles. The van der Waals surface area contributed by atoms with Crippen molar-refractivity contribution in [3.8, 4) is 0 Å². The van der Waals surface area contributed by atoms with Gasteiger partial charge in [0.05, 0.1) is 16.1 Å². The third kappa shape index (κ3) is 2.79. The zero-order valence-electron chi connectivity index (χ0n) is 14.3. The van der Waals surface area contributed by atoms with Gasteiger partial charge in [0.15, 0.2) is 0 Å². The Balaban J connectivity index is 1.66. The number of fused-ring (bicyclic) bond motifs is 2. The Morgan fingerprint density at radius 2 is 1.92 bits per heavy atom. The molecule has 4 heterocycles. The van der Waals surface area contributed by atoms with Crippen LogP contribution in [-0.4, -0.2) is 38.4 Å². The summed E-state index contributed by atoms with van der Waals surface area (Å²) in [5.74, 6) is 0.772. The van der Waals surface area contributed by atoms with Gasteiger partial charge in [0.2, 0.25) is 0 Å². The van der Waals surface area contributed by atoms with Crippen LogP contribution < -0.4 is 5.56 Å². The molecule has 0 N–H and O–H groups in total. The smallest absolute Gasteiger partial charge is 0.265 e. The van der Waals surface area contributed by atoms with Gasteiger partial charge in [-0.25, -0.2) is 9.97 Å². The minimum atomic E-state index is 0.00149. The highest BCUT2D eigenvalue weighted by Gasteiger charge is 2.24. The van der Waals surface area contributed by atoms with E-state index >= 15 is 0 Å². The summed E-state index contributed by atoms with van der Waals surface area (Å²) in [6.45, 7) is 7.32. The molecule has 0 radical (unpaired) electrons. The number of thiophene rings is 1. The van der Waals surface area contributed by atoms with Crippen LogP contribution in [0.3, 0.4) is 0 Å². The molecule has 0 aliphatic carbocycles. The Kier molecular flexibility index (Phi) is 3.96. The first-order valence-electron chi connectivity index (χ1n) is 8.17. The Labute approximate surface area is 152 Å². The standard InChI is InChI=1S/C17H18N4O2S2/c1-9-8-12-15(24-9)19-13-4-5-20(6-7-21(13)16(12)22)17(23)14-10(2)18-11(3)25-14/h8H,4-7H2,1-3H3. The first-order valence-corrected chi connectivity index (χ1v) is 9.80. The minimum absolute atomic E-state index is 0.00149. The van der Waals surface area contributed by atoms with E-state index in [0.717, 1.165) is 26.2 Å². The van der Waals surface area contributed by atoms with Crippen molar-refractivity contribution in [2.24, 2.45) is 0 Å². The van der Waals surface area contributed by atoms with Gasteiger partial charge in [-0.05, 0) is 26.8 Å². The summed E-state index contributed by atoms with van der Waals surface area (Å²) >= 11 is 2.97. The molecule has 0 saturated heterocycles. The first-order chi connectivity index (χ1) is 11.9. The number of carbonyl (C=O) groups is 1. The van der Waals surface area contributed by atoms with Gasteiger partial charge in [-0.15, -0.1) is 22.7 Å². The molecule has 6 nitrogen and oxygen atoms in total. The van der Waals surface area contributed by atoms with Crippen molar-refractivity contribution in [3.05, 3.63) is 42.7 Å². The molecule has 0 aromatic carbocycles. The molecular weight excluding hydrogens is 356 g/mol. The second kappa shape index (κ2) is 6.03. The largest absolute Gasteiger partial charge is 0.336 e. The Morgan fingerprint density at radius 3 is 2.64 bits per heavy atom. The lowest BCUT2D eigenvalue weighted by Crippen LogP contribution is -2.34. The molecule has 130 valence electrons. The zero-order valence-corrected chi connectivity index (χ0v) is 16.0. The monoisotopic (exact) mass is 374 g/mol. The lowest BCUT2D eigenvalue weighted by Gasteiger charge is -2.19. The molecule has 1 aliphatic rings. The molecule has 0 atom stereocenters. The number of hydrogen-bond donors (Lipinski definition) is 0. The molecule has 8 heteroatoms. The van der Waals surface area contributed by atoms with E-state index < -0.39 is 0 Å². The highest BCUT2D eigenvalue weighted by Crippen LogP contribution is 2.23. The topological polar surface area (TPSA) is 68.1 Å². The second-order valence-electron chi connectivity index (χ2n) is 6.25. The van der Waals surface area contributed by atoms with E-state index in [2.05, 4.69) is 9.97 Å². The summed E-state index contributed by atoms with van der Waals surface area (Å²) in [6.07, 6.45) is 0.588. The molecule has 1 amide bonds. The Morgan fingerprint density at radius 1 is 1.12 bits per heavy atom. The van der Waals surface area contributed by atoms with Crippen LogP contribution in [0.2, 0.25) is 0 Å². The fourth-order valence-electron chi connectivity index (χ4n) is 3.24. The third-order valence-corrected chi connectivity index (χ3v) is 6.44. The van der Waals surface area contributed by atoms with Gasteiger partial charge in [0.25, 0.3) is 11.5 Å². The summed E-state index contributed by atoms with van der Waals surface area (Å²) < 4.78 is 1.73. The van der Waals surface area contributed by atoms with Crippen molar-refractivity contribution >= 4 is 38.8 Å². The fraction of sp³-hybridized carbons (Fsp3) is 0.412. The first kappa shape index (κ1) is 16.4. The zero-order chi connectivity index (χ0) is 17.7. The second-order valence-corrected chi connectivity index (χ2v) is 8.69. The van der Waals surface area contributed by atoms with Gasteiger partial charge in [0, 0.05) is 30.9 Å². The summed E-state index contributed by atoms with van der Waals surface area (Å²) in [4.78, 5) is 39.0. The van der Waals surface area contributed by atoms with Crippen molar-refractivity contribution in [3.63, 3.8) is 0 Å². The van der Waals surface area contributed by atoms with E-state index in [-0.39, 0.29) is 11.5 Å². The predicted octanol–water partition coefficient (Wildman–Crippen LogP) is 2.54. The number of rotatable bonds is 1. The van der Waals surface area contributed by atoms with Gasteiger partial charge in [0.1, 0.15) is 15.5 Å². The summed E-state index contributed by atoms with van der Waals surface area (Å²) in [5, 5.41) is 1.58. The van der Waals surface area contributed by atoms with Crippen LogP contribution in [0.1, 0.15) is 31.1 Å². The number of hydrogen-bond acceptors (Lipinski definition) is 6. The van der Waals surface area contributed by atoms with Crippen LogP contribution in [0.25, 0.3) is 10.2 Å². The Hall–Kier alpha value is -2.06. The van der Waals surface area contributed by atoms with E-state index in [0.29, 0.717) is 36.3 Å². The summed E-state index contributed by atoms with van der Waals surface area (Å²) in [6, 6.07) is 1.90. The van der Waals surface area contributed by atoms with Crippen molar-refractivity contribution in [1.29, 1.82) is 0 Å².